The third-order valence-electron chi connectivity index (χ3n) is 3.64. The topological polar surface area (TPSA) is 38.8 Å². The number of benzene rings is 2. The van der Waals surface area contributed by atoms with Crippen LogP contribution in [0.2, 0.25) is 0 Å². The lowest BCUT2D eigenvalue weighted by Gasteiger charge is -2.40. The van der Waals surface area contributed by atoms with Crippen LogP contribution in [-0.2, 0) is 9.53 Å². The molecule has 0 saturated carbocycles. The first kappa shape index (κ1) is 13.5. The molecule has 0 radical (unpaired) electrons. The molecule has 4 heteroatoms. The molecule has 0 bridgehead atoms. The van der Waals surface area contributed by atoms with Gasteiger partial charge in [-0.2, -0.15) is 0 Å². The molecule has 0 N–H and O–H groups in total. The summed E-state index contributed by atoms with van der Waals surface area (Å²) in [5, 5.41) is 0. The molecule has 1 aliphatic rings. The molecule has 1 aliphatic heterocycles. The van der Waals surface area contributed by atoms with Crippen LogP contribution in [0.15, 0.2) is 54.6 Å². The second-order valence-corrected chi connectivity index (χ2v) is 4.93. The largest absolute Gasteiger partial charge is 0.467 e. The third-order valence-corrected chi connectivity index (χ3v) is 3.64. The number of anilines is 1. The summed E-state index contributed by atoms with van der Waals surface area (Å²) in [7, 11) is 1.43. The Balaban J connectivity index is 1.68. The number of nitrogens with zero attached hydrogens (tertiary/aromatic N) is 1. The molecule has 0 aliphatic carbocycles. The van der Waals surface area contributed by atoms with Crippen molar-refractivity contribution in [2.45, 2.75) is 12.5 Å². The molecule has 0 amide bonds. The van der Waals surface area contributed by atoms with Crippen molar-refractivity contribution in [3.63, 3.8) is 0 Å². The van der Waals surface area contributed by atoms with E-state index in [2.05, 4.69) is 0 Å². The van der Waals surface area contributed by atoms with E-state index in [1.165, 1.54) is 7.11 Å². The second kappa shape index (κ2) is 5.87. The summed E-state index contributed by atoms with van der Waals surface area (Å²) in [5.74, 6) is 1.41. The number of methoxy groups -OCH3 is 1. The molecule has 1 unspecified atom stereocenters. The molecule has 3 rings (SSSR count). The fourth-order valence-electron chi connectivity index (χ4n) is 2.41. The van der Waals surface area contributed by atoms with Crippen LogP contribution in [0.1, 0.15) is 6.42 Å². The van der Waals surface area contributed by atoms with E-state index in [-0.39, 0.29) is 12.0 Å². The van der Waals surface area contributed by atoms with Crippen LogP contribution in [0, 0.1) is 0 Å². The van der Waals surface area contributed by atoms with Gasteiger partial charge in [0, 0.05) is 12.2 Å². The fraction of sp³-hybridized carbons (Fsp3) is 0.235. The number of rotatable bonds is 4. The van der Waals surface area contributed by atoms with E-state index in [4.69, 9.17) is 9.47 Å². The van der Waals surface area contributed by atoms with E-state index < -0.39 is 0 Å². The highest BCUT2D eigenvalue weighted by Crippen LogP contribution is 2.30. The van der Waals surface area contributed by atoms with Crippen molar-refractivity contribution < 1.29 is 14.3 Å². The van der Waals surface area contributed by atoms with Crippen LogP contribution < -0.4 is 9.64 Å². The van der Waals surface area contributed by atoms with Gasteiger partial charge in [0.2, 0.25) is 0 Å². The van der Waals surface area contributed by atoms with Crippen molar-refractivity contribution in [3.05, 3.63) is 54.6 Å². The molecule has 1 heterocycles. The Labute approximate surface area is 123 Å². The predicted molar refractivity (Wildman–Crippen MR) is 80.7 cm³/mol. The molecule has 0 spiro atoms. The van der Waals surface area contributed by atoms with Gasteiger partial charge in [0.05, 0.1) is 7.11 Å². The lowest BCUT2D eigenvalue weighted by atomic mass is 10.0. The van der Waals surface area contributed by atoms with Crippen molar-refractivity contribution in [3.8, 4) is 11.5 Å². The summed E-state index contributed by atoms with van der Waals surface area (Å²) in [5.41, 5.74) is 1.01. The Bertz CT molecular complexity index is 610. The number of hydrogen-bond donors (Lipinski definition) is 0. The molecule has 1 saturated heterocycles. The van der Waals surface area contributed by atoms with Crippen LogP contribution in [0.3, 0.4) is 0 Å². The highest BCUT2D eigenvalue weighted by atomic mass is 16.5. The van der Waals surface area contributed by atoms with Crippen molar-refractivity contribution in [2.75, 3.05) is 18.6 Å². The molecule has 2 aromatic rings. The monoisotopic (exact) mass is 283 g/mol. The van der Waals surface area contributed by atoms with Crippen molar-refractivity contribution in [1.29, 1.82) is 0 Å². The minimum absolute atomic E-state index is 0.157. The van der Waals surface area contributed by atoms with E-state index in [0.717, 1.165) is 30.2 Å². The van der Waals surface area contributed by atoms with E-state index >= 15 is 0 Å². The zero-order valence-corrected chi connectivity index (χ0v) is 11.9. The fourth-order valence-corrected chi connectivity index (χ4v) is 2.41. The SMILES string of the molecule is COC(=O)C1CCN1c1ccc(Oc2ccccc2)cc1. The summed E-state index contributed by atoms with van der Waals surface area (Å²) in [4.78, 5) is 13.6. The maximum atomic E-state index is 11.6. The Morgan fingerprint density at radius 2 is 1.71 bits per heavy atom. The number of esters is 1. The average molecular weight is 283 g/mol. The van der Waals surface area contributed by atoms with Gasteiger partial charge in [0.15, 0.2) is 0 Å². The summed E-state index contributed by atoms with van der Waals surface area (Å²) in [6.45, 7) is 0.874. The Morgan fingerprint density at radius 1 is 1.05 bits per heavy atom. The van der Waals surface area contributed by atoms with E-state index in [1.807, 2.05) is 59.5 Å². The molecule has 21 heavy (non-hydrogen) atoms. The highest BCUT2D eigenvalue weighted by Gasteiger charge is 2.34. The first-order valence-electron chi connectivity index (χ1n) is 6.95. The third kappa shape index (κ3) is 2.84. The van der Waals surface area contributed by atoms with Gasteiger partial charge in [-0.15, -0.1) is 0 Å². The van der Waals surface area contributed by atoms with E-state index in [9.17, 15) is 4.79 Å². The lowest BCUT2D eigenvalue weighted by molar-refractivity contribution is -0.143. The van der Waals surface area contributed by atoms with Gasteiger partial charge in [0.1, 0.15) is 17.5 Å². The summed E-state index contributed by atoms with van der Waals surface area (Å²) >= 11 is 0. The van der Waals surface area contributed by atoms with Gasteiger partial charge >= 0.3 is 5.97 Å². The van der Waals surface area contributed by atoms with Crippen molar-refractivity contribution in [2.24, 2.45) is 0 Å². The molecule has 4 nitrogen and oxygen atoms in total. The smallest absolute Gasteiger partial charge is 0.328 e. The van der Waals surface area contributed by atoms with Crippen LogP contribution in [0.25, 0.3) is 0 Å². The lowest BCUT2D eigenvalue weighted by Crippen LogP contribution is -2.53. The number of carbonyl (C=O) groups is 1. The number of para-hydroxylation sites is 1. The van der Waals surface area contributed by atoms with Gasteiger partial charge in [-0.1, -0.05) is 18.2 Å². The molecule has 1 atom stereocenters. The van der Waals surface area contributed by atoms with E-state index in [1.54, 1.807) is 0 Å². The summed E-state index contributed by atoms with van der Waals surface area (Å²) in [6.07, 6.45) is 0.842. The van der Waals surface area contributed by atoms with Crippen LogP contribution in [-0.4, -0.2) is 25.7 Å². The van der Waals surface area contributed by atoms with Gasteiger partial charge in [0.25, 0.3) is 0 Å². The molecular weight excluding hydrogens is 266 g/mol. The molecule has 2 aromatic carbocycles. The number of ether oxygens (including phenoxy) is 2. The standard InChI is InChI=1S/C17H17NO3/c1-20-17(19)16-11-12-18(16)13-7-9-15(10-8-13)21-14-5-3-2-4-6-14/h2-10,16H,11-12H2,1H3. The zero-order valence-electron chi connectivity index (χ0n) is 11.9. The first-order chi connectivity index (χ1) is 10.3. The minimum Gasteiger partial charge on any atom is -0.467 e. The normalized spacial score (nSPS) is 17.0. The number of hydrogen-bond acceptors (Lipinski definition) is 4. The minimum atomic E-state index is -0.175. The van der Waals surface area contributed by atoms with Crippen LogP contribution >= 0.6 is 0 Å². The predicted octanol–water partition coefficient (Wildman–Crippen LogP) is 3.23. The second-order valence-electron chi connectivity index (χ2n) is 4.93. The Morgan fingerprint density at radius 3 is 2.29 bits per heavy atom. The van der Waals surface area contributed by atoms with Crippen LogP contribution in [0.4, 0.5) is 5.69 Å². The zero-order chi connectivity index (χ0) is 14.7. The van der Waals surface area contributed by atoms with Crippen molar-refractivity contribution >= 4 is 11.7 Å². The summed E-state index contributed by atoms with van der Waals surface area (Å²) < 4.78 is 10.6. The maximum absolute atomic E-state index is 11.6. The van der Waals surface area contributed by atoms with Crippen LogP contribution in [0.5, 0.6) is 11.5 Å². The first-order valence-corrected chi connectivity index (χ1v) is 6.95. The van der Waals surface area contributed by atoms with Gasteiger partial charge < -0.3 is 14.4 Å². The summed E-state index contributed by atoms with van der Waals surface area (Å²) in [6, 6.07) is 17.2. The Kier molecular flexibility index (Phi) is 3.77. The quantitative estimate of drug-likeness (QED) is 0.808. The molecule has 108 valence electrons. The number of carbonyl (C=O) groups excluding carboxylic acids is 1. The molecular formula is C17H17NO3. The van der Waals surface area contributed by atoms with Crippen molar-refractivity contribution in [1.82, 2.24) is 0 Å². The average Bonchev–Trinajstić information content (AvgIpc) is 2.49. The van der Waals surface area contributed by atoms with Gasteiger partial charge in [-0.25, -0.2) is 4.79 Å². The maximum Gasteiger partial charge on any atom is 0.328 e. The van der Waals surface area contributed by atoms with E-state index in [0.29, 0.717) is 0 Å². The van der Waals surface area contributed by atoms with Gasteiger partial charge in [-0.05, 0) is 42.8 Å². The Hall–Kier alpha value is -2.49. The van der Waals surface area contributed by atoms with Gasteiger partial charge in [-0.3, -0.25) is 0 Å². The molecule has 0 aromatic heterocycles. The molecule has 1 fully saturated rings. The highest BCUT2D eigenvalue weighted by molar-refractivity contribution is 5.82.